The zero-order valence-electron chi connectivity index (χ0n) is 16.0. The van der Waals surface area contributed by atoms with Crippen LogP contribution >= 0.6 is 0 Å². The van der Waals surface area contributed by atoms with Crippen LogP contribution in [0.5, 0.6) is 0 Å². The number of halogens is 2. The lowest BCUT2D eigenvalue weighted by Crippen LogP contribution is -2.56. The molecule has 2 aromatic rings. The van der Waals surface area contributed by atoms with Crippen molar-refractivity contribution in [1.29, 1.82) is 0 Å². The van der Waals surface area contributed by atoms with Crippen LogP contribution in [0.25, 0.3) is 0 Å². The molecule has 0 aliphatic carbocycles. The lowest BCUT2D eigenvalue weighted by Gasteiger charge is -2.35. The molecule has 1 atom stereocenters. The molecule has 29 heavy (non-hydrogen) atoms. The van der Waals surface area contributed by atoms with E-state index in [9.17, 15) is 18.4 Å². The van der Waals surface area contributed by atoms with E-state index in [1.165, 1.54) is 12.1 Å². The molecule has 1 unspecified atom stereocenters. The fourth-order valence-electron chi connectivity index (χ4n) is 4.11. The summed E-state index contributed by atoms with van der Waals surface area (Å²) in [5.74, 6) is -1.66. The van der Waals surface area contributed by atoms with E-state index in [4.69, 9.17) is 0 Å². The van der Waals surface area contributed by atoms with E-state index in [1.54, 1.807) is 9.80 Å². The molecule has 0 radical (unpaired) electrons. The van der Waals surface area contributed by atoms with Crippen LogP contribution in [-0.4, -0.2) is 42.4 Å². The molecular weight excluding hydrogens is 376 g/mol. The summed E-state index contributed by atoms with van der Waals surface area (Å²) in [5.41, 5.74) is 2.46. The molecule has 0 aromatic heterocycles. The molecule has 0 saturated carbocycles. The maximum absolute atomic E-state index is 13.4. The van der Waals surface area contributed by atoms with Gasteiger partial charge < -0.3 is 15.1 Å². The largest absolute Gasteiger partial charge is 0.336 e. The average Bonchev–Trinajstić information content (AvgIpc) is 2.70. The Kier molecular flexibility index (Phi) is 5.58. The number of piperazine rings is 1. The molecule has 2 aromatic carbocycles. The van der Waals surface area contributed by atoms with Crippen molar-refractivity contribution < 1.29 is 18.4 Å². The van der Waals surface area contributed by atoms with Gasteiger partial charge in [0.1, 0.15) is 11.6 Å². The molecule has 4 rings (SSSR count). The van der Waals surface area contributed by atoms with Crippen LogP contribution < -0.4 is 10.2 Å². The first-order valence-electron chi connectivity index (χ1n) is 9.86. The van der Waals surface area contributed by atoms with Gasteiger partial charge in [0, 0.05) is 37.9 Å². The number of benzene rings is 2. The Balaban J connectivity index is 1.44. The van der Waals surface area contributed by atoms with Gasteiger partial charge in [-0.1, -0.05) is 18.2 Å². The predicted molar refractivity (Wildman–Crippen MR) is 105 cm³/mol. The standard InChI is InChI=1S/C22H23F2N3O2/c23-17-10-15(11-18(24)12-17)14-26-9-7-25-19(22(26)29)13-21(28)27-8-3-5-16-4-1-2-6-20(16)27/h1-2,4,6,10-12,19,25H,3,5,7-9,13-14H2. The van der Waals surface area contributed by atoms with E-state index in [2.05, 4.69) is 5.32 Å². The zero-order chi connectivity index (χ0) is 20.4. The number of nitrogens with one attached hydrogen (secondary N) is 1. The van der Waals surface area contributed by atoms with E-state index >= 15 is 0 Å². The van der Waals surface area contributed by atoms with Gasteiger partial charge in [0.2, 0.25) is 11.8 Å². The predicted octanol–water partition coefficient (Wildman–Crippen LogP) is 2.63. The van der Waals surface area contributed by atoms with E-state index in [-0.39, 0.29) is 24.8 Å². The maximum atomic E-state index is 13.4. The van der Waals surface area contributed by atoms with Crippen molar-refractivity contribution in [2.24, 2.45) is 0 Å². The molecule has 1 N–H and O–H groups in total. The normalized spacial score (nSPS) is 19.2. The minimum absolute atomic E-state index is 0.0567. The number of hydrogen-bond donors (Lipinski definition) is 1. The highest BCUT2D eigenvalue weighted by molar-refractivity contribution is 5.98. The summed E-state index contributed by atoms with van der Waals surface area (Å²) in [6, 6.07) is 10.5. The second-order valence-corrected chi connectivity index (χ2v) is 7.53. The number of rotatable bonds is 4. The van der Waals surface area contributed by atoms with Gasteiger partial charge in [-0.3, -0.25) is 9.59 Å². The van der Waals surface area contributed by atoms with Crippen molar-refractivity contribution in [3.63, 3.8) is 0 Å². The number of hydrogen-bond acceptors (Lipinski definition) is 3. The Hall–Kier alpha value is -2.80. The van der Waals surface area contributed by atoms with Gasteiger partial charge in [0.25, 0.3) is 0 Å². The molecule has 0 bridgehead atoms. The highest BCUT2D eigenvalue weighted by atomic mass is 19.1. The van der Waals surface area contributed by atoms with Gasteiger partial charge in [-0.05, 0) is 42.2 Å². The monoisotopic (exact) mass is 399 g/mol. The number of nitrogens with zero attached hydrogens (tertiary/aromatic N) is 2. The average molecular weight is 399 g/mol. The Labute approximate surface area is 168 Å². The second-order valence-electron chi connectivity index (χ2n) is 7.53. The summed E-state index contributed by atoms with van der Waals surface area (Å²) in [6.45, 7) is 1.71. The molecule has 152 valence electrons. The van der Waals surface area contributed by atoms with Crippen molar-refractivity contribution in [2.45, 2.75) is 31.8 Å². The number of carbonyl (C=O) groups is 2. The van der Waals surface area contributed by atoms with Crippen LogP contribution in [0, 0.1) is 11.6 Å². The van der Waals surface area contributed by atoms with Gasteiger partial charge in [-0.15, -0.1) is 0 Å². The first-order chi connectivity index (χ1) is 14.0. The third kappa shape index (κ3) is 4.29. The number of anilines is 1. The first kappa shape index (κ1) is 19.5. The molecule has 5 nitrogen and oxygen atoms in total. The maximum Gasteiger partial charge on any atom is 0.240 e. The molecule has 1 saturated heterocycles. The lowest BCUT2D eigenvalue weighted by atomic mass is 10.0. The highest BCUT2D eigenvalue weighted by Crippen LogP contribution is 2.27. The molecule has 2 aliphatic rings. The SMILES string of the molecule is O=C1C(CC(=O)N2CCCc3ccccc32)NCCN1Cc1cc(F)cc(F)c1. The van der Waals surface area contributed by atoms with E-state index < -0.39 is 17.7 Å². The summed E-state index contributed by atoms with van der Waals surface area (Å²) < 4.78 is 26.9. The number of carbonyl (C=O) groups excluding carboxylic acids is 2. The zero-order valence-corrected chi connectivity index (χ0v) is 16.0. The third-order valence-electron chi connectivity index (χ3n) is 5.47. The summed E-state index contributed by atoms with van der Waals surface area (Å²) >= 11 is 0. The summed E-state index contributed by atoms with van der Waals surface area (Å²) in [7, 11) is 0. The molecule has 0 spiro atoms. The summed E-state index contributed by atoms with van der Waals surface area (Å²) in [6.07, 6.45) is 1.89. The number of aryl methyl sites for hydroxylation is 1. The molecule has 2 heterocycles. The van der Waals surface area contributed by atoms with Crippen LogP contribution in [0.15, 0.2) is 42.5 Å². The molecular formula is C22H23F2N3O2. The van der Waals surface area contributed by atoms with Gasteiger partial charge in [0.15, 0.2) is 0 Å². The van der Waals surface area contributed by atoms with E-state index in [0.717, 1.165) is 30.2 Å². The topological polar surface area (TPSA) is 52.7 Å². The Morgan fingerprint density at radius 2 is 1.86 bits per heavy atom. The Morgan fingerprint density at radius 3 is 2.66 bits per heavy atom. The van der Waals surface area contributed by atoms with Gasteiger partial charge in [0.05, 0.1) is 12.5 Å². The van der Waals surface area contributed by atoms with Crippen molar-refractivity contribution in [2.75, 3.05) is 24.5 Å². The van der Waals surface area contributed by atoms with Crippen molar-refractivity contribution in [1.82, 2.24) is 10.2 Å². The van der Waals surface area contributed by atoms with E-state index in [0.29, 0.717) is 25.2 Å². The first-order valence-corrected chi connectivity index (χ1v) is 9.86. The fourth-order valence-corrected chi connectivity index (χ4v) is 4.11. The summed E-state index contributed by atoms with van der Waals surface area (Å²) in [4.78, 5) is 29.1. The second kappa shape index (κ2) is 8.29. The molecule has 7 heteroatoms. The number of amides is 2. The molecule has 1 fully saturated rings. The van der Waals surface area contributed by atoms with E-state index in [1.807, 2.05) is 24.3 Å². The Bertz CT molecular complexity index is 914. The quantitative estimate of drug-likeness (QED) is 0.860. The van der Waals surface area contributed by atoms with Crippen LogP contribution in [0.2, 0.25) is 0 Å². The van der Waals surface area contributed by atoms with Gasteiger partial charge >= 0.3 is 0 Å². The smallest absolute Gasteiger partial charge is 0.240 e. The highest BCUT2D eigenvalue weighted by Gasteiger charge is 2.32. The minimum Gasteiger partial charge on any atom is -0.336 e. The van der Waals surface area contributed by atoms with Crippen LogP contribution in [0.4, 0.5) is 14.5 Å². The van der Waals surface area contributed by atoms with Gasteiger partial charge in [-0.25, -0.2) is 8.78 Å². The summed E-state index contributed by atoms with van der Waals surface area (Å²) in [5, 5.41) is 3.11. The molecule has 2 aliphatic heterocycles. The minimum atomic E-state index is -0.668. The fraction of sp³-hybridized carbons (Fsp3) is 0.364. The van der Waals surface area contributed by atoms with Crippen molar-refractivity contribution >= 4 is 17.5 Å². The third-order valence-corrected chi connectivity index (χ3v) is 5.47. The van der Waals surface area contributed by atoms with Crippen molar-refractivity contribution in [3.05, 3.63) is 65.2 Å². The number of fused-ring (bicyclic) bond motifs is 1. The van der Waals surface area contributed by atoms with Crippen LogP contribution in [0.3, 0.4) is 0 Å². The van der Waals surface area contributed by atoms with Gasteiger partial charge in [-0.2, -0.15) is 0 Å². The van der Waals surface area contributed by atoms with Crippen LogP contribution in [-0.2, 0) is 22.6 Å². The molecule has 2 amide bonds. The van der Waals surface area contributed by atoms with Crippen LogP contribution in [0.1, 0.15) is 24.0 Å². The van der Waals surface area contributed by atoms with Crippen molar-refractivity contribution in [3.8, 4) is 0 Å². The number of para-hydroxylation sites is 1. The lowest BCUT2D eigenvalue weighted by molar-refractivity contribution is -0.138. The Morgan fingerprint density at radius 1 is 1.10 bits per heavy atom.